The lowest BCUT2D eigenvalue weighted by atomic mass is 10.2. The summed E-state index contributed by atoms with van der Waals surface area (Å²) < 4.78 is 37.4. The average Bonchev–Trinajstić information content (AvgIpc) is 2.60. The van der Waals surface area contributed by atoms with E-state index < -0.39 is 18.0 Å². The molecule has 8 heteroatoms. The van der Waals surface area contributed by atoms with Crippen LogP contribution in [0.25, 0.3) is 11.0 Å². The first-order chi connectivity index (χ1) is 7.79. The fourth-order valence-electron chi connectivity index (χ4n) is 1.33. The first-order valence-corrected chi connectivity index (χ1v) is 5.08. The number of rotatable bonds is 1. The maximum absolute atomic E-state index is 12.4. The van der Waals surface area contributed by atoms with Crippen LogP contribution in [0.2, 0.25) is 0 Å². The van der Waals surface area contributed by atoms with Gasteiger partial charge in [-0.05, 0) is 28.1 Å². The van der Waals surface area contributed by atoms with E-state index in [1.165, 1.54) is 6.07 Å². The van der Waals surface area contributed by atoms with E-state index in [1.807, 2.05) is 4.98 Å². The van der Waals surface area contributed by atoms with Crippen LogP contribution in [0.1, 0.15) is 16.2 Å². The molecule has 0 amide bonds. The number of nitrogens with zero attached hydrogens (tertiary/aromatic N) is 1. The number of alkyl halides is 3. The highest BCUT2D eigenvalue weighted by Crippen LogP contribution is 2.31. The first kappa shape index (κ1) is 11.9. The highest BCUT2D eigenvalue weighted by molar-refractivity contribution is 9.10. The van der Waals surface area contributed by atoms with E-state index in [2.05, 4.69) is 20.9 Å². The molecule has 2 N–H and O–H groups in total. The van der Waals surface area contributed by atoms with Gasteiger partial charge in [-0.2, -0.15) is 13.2 Å². The predicted octanol–water partition coefficient (Wildman–Crippen LogP) is 3.04. The van der Waals surface area contributed by atoms with Crippen molar-refractivity contribution in [2.24, 2.45) is 0 Å². The number of imidazole rings is 1. The van der Waals surface area contributed by atoms with Crippen LogP contribution in [0.5, 0.6) is 0 Å². The van der Waals surface area contributed by atoms with Crippen LogP contribution in [-0.4, -0.2) is 21.0 Å². The van der Waals surface area contributed by atoms with Gasteiger partial charge < -0.3 is 10.1 Å². The number of aromatic nitrogens is 2. The van der Waals surface area contributed by atoms with Crippen molar-refractivity contribution in [2.75, 3.05) is 0 Å². The Balaban J connectivity index is 2.69. The lowest BCUT2D eigenvalue weighted by Gasteiger charge is -1.98. The summed E-state index contributed by atoms with van der Waals surface area (Å²) in [5, 5.41) is 8.76. The van der Waals surface area contributed by atoms with Gasteiger partial charge in [-0.15, -0.1) is 0 Å². The number of nitrogens with one attached hydrogen (secondary N) is 1. The summed E-state index contributed by atoms with van der Waals surface area (Å²) >= 11 is 2.98. The monoisotopic (exact) mass is 308 g/mol. The zero-order valence-electron chi connectivity index (χ0n) is 7.97. The summed E-state index contributed by atoms with van der Waals surface area (Å²) in [5.74, 6) is -2.38. The molecule has 2 aromatic rings. The molecule has 1 aromatic heterocycles. The molecule has 0 unspecified atom stereocenters. The van der Waals surface area contributed by atoms with E-state index in [1.54, 1.807) is 0 Å². The Morgan fingerprint density at radius 1 is 1.41 bits per heavy atom. The normalized spacial score (nSPS) is 12.0. The summed E-state index contributed by atoms with van der Waals surface area (Å²) in [6.45, 7) is 0. The number of benzene rings is 1. The summed E-state index contributed by atoms with van der Waals surface area (Å²) in [6.07, 6.45) is -4.60. The van der Waals surface area contributed by atoms with E-state index in [0.29, 0.717) is 0 Å². The second kappa shape index (κ2) is 3.73. The molecule has 1 heterocycles. The van der Waals surface area contributed by atoms with Gasteiger partial charge in [0.15, 0.2) is 0 Å². The molecule has 90 valence electrons. The molecule has 0 atom stereocenters. The van der Waals surface area contributed by atoms with E-state index in [0.717, 1.165) is 6.07 Å². The van der Waals surface area contributed by atoms with Crippen LogP contribution < -0.4 is 0 Å². The number of carbonyl (C=O) groups is 1. The van der Waals surface area contributed by atoms with Gasteiger partial charge in [0.2, 0.25) is 5.82 Å². The number of aromatic carboxylic acids is 1. The van der Waals surface area contributed by atoms with Crippen LogP contribution in [0.15, 0.2) is 16.6 Å². The summed E-state index contributed by atoms with van der Waals surface area (Å²) in [6, 6.07) is 2.30. The molecule has 0 bridgehead atoms. The number of fused-ring (bicyclic) bond motifs is 1. The number of carboxylic acid groups (broad SMARTS) is 1. The van der Waals surface area contributed by atoms with Crippen molar-refractivity contribution in [2.45, 2.75) is 6.18 Å². The smallest absolute Gasteiger partial charge is 0.449 e. The minimum atomic E-state index is -4.60. The lowest BCUT2D eigenvalue weighted by molar-refractivity contribution is -0.144. The molecule has 0 aliphatic carbocycles. The minimum Gasteiger partial charge on any atom is -0.478 e. The summed E-state index contributed by atoms with van der Waals surface area (Å²) in [5.41, 5.74) is -0.0619. The molecule has 0 radical (unpaired) electrons. The molecule has 0 spiro atoms. The third-order valence-corrected chi connectivity index (χ3v) is 2.66. The number of aromatic amines is 1. The number of hydrogen-bond donors (Lipinski definition) is 2. The number of H-pyrrole nitrogens is 1. The van der Waals surface area contributed by atoms with Crippen molar-refractivity contribution in [3.05, 3.63) is 28.0 Å². The average molecular weight is 309 g/mol. The van der Waals surface area contributed by atoms with Gasteiger partial charge in [-0.3, -0.25) is 0 Å². The molecule has 0 saturated carbocycles. The predicted molar refractivity (Wildman–Crippen MR) is 55.8 cm³/mol. The summed E-state index contributed by atoms with van der Waals surface area (Å²) in [7, 11) is 0. The number of hydrogen-bond acceptors (Lipinski definition) is 2. The van der Waals surface area contributed by atoms with Crippen molar-refractivity contribution < 1.29 is 23.1 Å². The zero-order chi connectivity index (χ0) is 12.8. The molecular weight excluding hydrogens is 305 g/mol. The van der Waals surface area contributed by atoms with Crippen molar-refractivity contribution >= 4 is 32.9 Å². The van der Waals surface area contributed by atoms with Gasteiger partial charge in [-0.1, -0.05) is 0 Å². The standard InChI is InChI=1S/C9H4BrF3N2O2/c10-4-1-3(7(16)17)2-5-6(4)15-8(14-5)9(11,12)13/h1-2H,(H,14,15)(H,16,17). The van der Waals surface area contributed by atoms with Crippen molar-refractivity contribution in [3.8, 4) is 0 Å². The molecular formula is C9H4BrF3N2O2. The van der Waals surface area contributed by atoms with Gasteiger partial charge >= 0.3 is 12.1 Å². The Labute approximate surface area is 101 Å². The zero-order valence-corrected chi connectivity index (χ0v) is 9.56. The largest absolute Gasteiger partial charge is 0.478 e. The summed E-state index contributed by atoms with van der Waals surface area (Å²) in [4.78, 5) is 16.1. The van der Waals surface area contributed by atoms with E-state index in [4.69, 9.17) is 5.11 Å². The maximum Gasteiger partial charge on any atom is 0.449 e. The Kier molecular flexibility index (Phi) is 2.61. The second-order valence-corrected chi connectivity index (χ2v) is 4.10. The third-order valence-electron chi connectivity index (χ3n) is 2.06. The Morgan fingerprint density at radius 2 is 2.06 bits per heavy atom. The van der Waals surface area contributed by atoms with Crippen LogP contribution >= 0.6 is 15.9 Å². The Bertz CT molecular complexity index is 606. The number of carboxylic acids is 1. The maximum atomic E-state index is 12.4. The fourth-order valence-corrected chi connectivity index (χ4v) is 1.88. The van der Waals surface area contributed by atoms with Crippen LogP contribution in [0.3, 0.4) is 0 Å². The Hall–Kier alpha value is -1.57. The highest BCUT2D eigenvalue weighted by atomic mass is 79.9. The first-order valence-electron chi connectivity index (χ1n) is 4.29. The molecule has 4 nitrogen and oxygen atoms in total. The van der Waals surface area contributed by atoms with Gasteiger partial charge in [0.1, 0.15) is 5.52 Å². The van der Waals surface area contributed by atoms with Gasteiger partial charge in [0.05, 0.1) is 11.1 Å². The molecule has 1 aromatic carbocycles. The number of halogens is 4. The van der Waals surface area contributed by atoms with Crippen molar-refractivity contribution in [3.63, 3.8) is 0 Å². The molecule has 0 aliphatic heterocycles. The minimum absolute atomic E-state index is 0.0177. The SMILES string of the molecule is O=C(O)c1cc(Br)c2nc(C(F)(F)F)[nH]c2c1. The van der Waals surface area contributed by atoms with E-state index in [9.17, 15) is 18.0 Å². The van der Waals surface area contributed by atoms with E-state index in [-0.39, 0.29) is 21.1 Å². The topological polar surface area (TPSA) is 66.0 Å². The van der Waals surface area contributed by atoms with E-state index >= 15 is 0 Å². The lowest BCUT2D eigenvalue weighted by Crippen LogP contribution is -2.06. The van der Waals surface area contributed by atoms with Crippen molar-refractivity contribution in [1.82, 2.24) is 9.97 Å². The Morgan fingerprint density at radius 3 is 2.59 bits per heavy atom. The molecule has 0 saturated heterocycles. The molecule has 2 rings (SSSR count). The van der Waals surface area contributed by atoms with Gasteiger partial charge in [0, 0.05) is 4.47 Å². The van der Waals surface area contributed by atoms with Crippen LogP contribution in [-0.2, 0) is 6.18 Å². The fraction of sp³-hybridized carbons (Fsp3) is 0.111. The molecule has 17 heavy (non-hydrogen) atoms. The highest BCUT2D eigenvalue weighted by Gasteiger charge is 2.35. The quantitative estimate of drug-likeness (QED) is 0.851. The molecule has 0 fully saturated rings. The van der Waals surface area contributed by atoms with Crippen molar-refractivity contribution in [1.29, 1.82) is 0 Å². The molecule has 0 aliphatic rings. The van der Waals surface area contributed by atoms with Gasteiger partial charge in [0.25, 0.3) is 0 Å². The van der Waals surface area contributed by atoms with Crippen LogP contribution in [0, 0.1) is 0 Å². The second-order valence-electron chi connectivity index (χ2n) is 3.24. The van der Waals surface area contributed by atoms with Gasteiger partial charge in [-0.25, -0.2) is 9.78 Å². The van der Waals surface area contributed by atoms with Crippen LogP contribution in [0.4, 0.5) is 13.2 Å². The third kappa shape index (κ3) is 2.12.